The van der Waals surface area contributed by atoms with E-state index in [9.17, 15) is 4.79 Å². The van der Waals surface area contributed by atoms with Gasteiger partial charge in [-0.15, -0.1) is 0 Å². The van der Waals surface area contributed by atoms with Crippen LogP contribution in [0.4, 0.5) is 0 Å². The van der Waals surface area contributed by atoms with Crippen molar-refractivity contribution in [3.05, 3.63) is 65.7 Å². The molecule has 0 spiro atoms. The minimum atomic E-state index is -0.116. The van der Waals surface area contributed by atoms with E-state index < -0.39 is 0 Å². The first-order chi connectivity index (χ1) is 10.7. The number of hydrogen-bond donors (Lipinski definition) is 1. The summed E-state index contributed by atoms with van der Waals surface area (Å²) in [6.45, 7) is 4.94. The van der Waals surface area contributed by atoms with Crippen molar-refractivity contribution in [2.45, 2.75) is 32.7 Å². The number of nitrogens with one attached hydrogen (secondary N) is 1. The second kappa shape index (κ2) is 8.23. The second-order valence-corrected chi connectivity index (χ2v) is 5.43. The van der Waals surface area contributed by atoms with Crippen LogP contribution in [0.15, 0.2) is 54.6 Å². The van der Waals surface area contributed by atoms with Crippen LogP contribution in [0.2, 0.25) is 0 Å². The minimum Gasteiger partial charge on any atom is -0.484 e. The van der Waals surface area contributed by atoms with Gasteiger partial charge in [0.05, 0.1) is 0 Å². The first-order valence-electron chi connectivity index (χ1n) is 7.72. The fourth-order valence-corrected chi connectivity index (χ4v) is 2.12. The molecule has 2 rings (SSSR count). The van der Waals surface area contributed by atoms with Gasteiger partial charge in [-0.05, 0) is 35.6 Å². The standard InChI is InChI=1S/C19H23NO2/c1-3-15(2)17-9-11-18(12-10-17)22-14-19(21)20-13-16-7-5-4-6-8-16/h4-12,15H,3,13-14H2,1-2H3,(H,20,21)/t15-/m0/s1. The van der Waals surface area contributed by atoms with Crippen molar-refractivity contribution in [1.82, 2.24) is 5.32 Å². The molecule has 2 aromatic carbocycles. The summed E-state index contributed by atoms with van der Waals surface area (Å²) in [6.07, 6.45) is 1.11. The molecule has 0 aliphatic heterocycles. The summed E-state index contributed by atoms with van der Waals surface area (Å²) in [5.41, 5.74) is 2.37. The van der Waals surface area contributed by atoms with E-state index in [1.807, 2.05) is 42.5 Å². The molecular formula is C19H23NO2. The Morgan fingerprint density at radius 1 is 1.09 bits per heavy atom. The Bertz CT molecular complexity index is 578. The average molecular weight is 297 g/mol. The Hall–Kier alpha value is -2.29. The second-order valence-electron chi connectivity index (χ2n) is 5.43. The molecule has 3 heteroatoms. The minimum absolute atomic E-state index is 0.0372. The van der Waals surface area contributed by atoms with Crippen molar-refractivity contribution < 1.29 is 9.53 Å². The largest absolute Gasteiger partial charge is 0.484 e. The maximum Gasteiger partial charge on any atom is 0.258 e. The third-order valence-electron chi connectivity index (χ3n) is 3.76. The zero-order valence-electron chi connectivity index (χ0n) is 13.2. The Kier molecular flexibility index (Phi) is 6.01. The van der Waals surface area contributed by atoms with Crippen LogP contribution in [0.1, 0.15) is 37.3 Å². The molecule has 0 heterocycles. The molecule has 0 aliphatic rings. The number of carbonyl (C=O) groups is 1. The average Bonchev–Trinajstić information content (AvgIpc) is 2.58. The molecule has 1 N–H and O–H groups in total. The quantitative estimate of drug-likeness (QED) is 0.842. The number of carbonyl (C=O) groups excluding carboxylic acids is 1. The first kappa shape index (κ1) is 16.1. The van der Waals surface area contributed by atoms with Gasteiger partial charge < -0.3 is 10.1 Å². The molecule has 0 fully saturated rings. The Morgan fingerprint density at radius 3 is 2.41 bits per heavy atom. The van der Waals surface area contributed by atoms with Crippen LogP contribution in [0.5, 0.6) is 5.75 Å². The highest BCUT2D eigenvalue weighted by atomic mass is 16.5. The smallest absolute Gasteiger partial charge is 0.258 e. The Labute approximate surface area is 132 Å². The van der Waals surface area contributed by atoms with Crippen LogP contribution in [-0.4, -0.2) is 12.5 Å². The van der Waals surface area contributed by atoms with Crippen molar-refractivity contribution >= 4 is 5.91 Å². The molecule has 0 bridgehead atoms. The van der Waals surface area contributed by atoms with Gasteiger partial charge in [0.1, 0.15) is 5.75 Å². The number of ether oxygens (including phenoxy) is 1. The van der Waals surface area contributed by atoms with Gasteiger partial charge in [-0.2, -0.15) is 0 Å². The van der Waals surface area contributed by atoms with E-state index in [0.29, 0.717) is 12.5 Å². The third-order valence-corrected chi connectivity index (χ3v) is 3.76. The van der Waals surface area contributed by atoms with Gasteiger partial charge in [0.25, 0.3) is 5.91 Å². The van der Waals surface area contributed by atoms with E-state index in [2.05, 4.69) is 31.3 Å². The molecule has 1 atom stereocenters. The molecule has 0 saturated carbocycles. The Balaban J connectivity index is 1.76. The van der Waals surface area contributed by atoms with Crippen molar-refractivity contribution in [1.29, 1.82) is 0 Å². The van der Waals surface area contributed by atoms with Crippen molar-refractivity contribution in [2.75, 3.05) is 6.61 Å². The van der Waals surface area contributed by atoms with Crippen LogP contribution >= 0.6 is 0 Å². The van der Waals surface area contributed by atoms with Crippen molar-refractivity contribution in [3.8, 4) is 5.75 Å². The summed E-state index contributed by atoms with van der Waals surface area (Å²) < 4.78 is 5.51. The summed E-state index contributed by atoms with van der Waals surface area (Å²) in [5.74, 6) is 1.15. The molecule has 116 valence electrons. The van der Waals surface area contributed by atoms with Crippen molar-refractivity contribution in [3.63, 3.8) is 0 Å². The Morgan fingerprint density at radius 2 is 1.77 bits per heavy atom. The number of benzene rings is 2. The number of hydrogen-bond acceptors (Lipinski definition) is 2. The summed E-state index contributed by atoms with van der Waals surface area (Å²) in [7, 11) is 0. The third kappa shape index (κ3) is 4.92. The van der Waals surface area contributed by atoms with Gasteiger partial charge in [0, 0.05) is 6.54 Å². The van der Waals surface area contributed by atoms with E-state index in [1.165, 1.54) is 5.56 Å². The lowest BCUT2D eigenvalue weighted by Crippen LogP contribution is -2.28. The lowest BCUT2D eigenvalue weighted by atomic mass is 9.99. The van der Waals surface area contributed by atoms with Gasteiger partial charge in [-0.25, -0.2) is 0 Å². The van der Waals surface area contributed by atoms with Gasteiger partial charge in [-0.3, -0.25) is 4.79 Å². The fourth-order valence-electron chi connectivity index (χ4n) is 2.12. The number of rotatable bonds is 7. The highest BCUT2D eigenvalue weighted by Crippen LogP contribution is 2.21. The molecule has 0 aliphatic carbocycles. The van der Waals surface area contributed by atoms with Crippen LogP contribution in [0, 0.1) is 0 Å². The molecule has 2 aromatic rings. The van der Waals surface area contributed by atoms with Gasteiger partial charge >= 0.3 is 0 Å². The monoisotopic (exact) mass is 297 g/mol. The lowest BCUT2D eigenvalue weighted by molar-refractivity contribution is -0.123. The lowest BCUT2D eigenvalue weighted by Gasteiger charge is -2.11. The molecule has 0 aromatic heterocycles. The van der Waals surface area contributed by atoms with Crippen LogP contribution in [0.3, 0.4) is 0 Å². The van der Waals surface area contributed by atoms with Gasteiger partial charge in [0.15, 0.2) is 6.61 Å². The molecule has 0 radical (unpaired) electrons. The van der Waals surface area contributed by atoms with Gasteiger partial charge in [0.2, 0.25) is 0 Å². The maximum atomic E-state index is 11.8. The number of amides is 1. The maximum absolute atomic E-state index is 11.8. The van der Waals surface area contributed by atoms with Crippen LogP contribution < -0.4 is 10.1 Å². The highest BCUT2D eigenvalue weighted by Gasteiger charge is 2.05. The van der Waals surface area contributed by atoms with Crippen LogP contribution in [-0.2, 0) is 11.3 Å². The highest BCUT2D eigenvalue weighted by molar-refractivity contribution is 5.77. The fraction of sp³-hybridized carbons (Fsp3) is 0.316. The topological polar surface area (TPSA) is 38.3 Å². The molecule has 0 saturated heterocycles. The normalized spacial score (nSPS) is 11.7. The summed E-state index contributed by atoms with van der Waals surface area (Å²) in [4.78, 5) is 11.8. The summed E-state index contributed by atoms with van der Waals surface area (Å²) in [5, 5.41) is 2.84. The predicted octanol–water partition coefficient (Wildman–Crippen LogP) is 3.90. The van der Waals surface area contributed by atoms with Crippen molar-refractivity contribution in [2.24, 2.45) is 0 Å². The molecular weight excluding hydrogens is 274 g/mol. The van der Waals surface area contributed by atoms with E-state index >= 15 is 0 Å². The SMILES string of the molecule is CC[C@H](C)c1ccc(OCC(=O)NCc2ccccc2)cc1. The molecule has 3 nitrogen and oxygen atoms in total. The zero-order valence-corrected chi connectivity index (χ0v) is 13.2. The van der Waals surface area contributed by atoms with Crippen LogP contribution in [0.25, 0.3) is 0 Å². The predicted molar refractivity (Wildman–Crippen MR) is 88.9 cm³/mol. The molecule has 22 heavy (non-hydrogen) atoms. The van der Waals surface area contributed by atoms with E-state index in [4.69, 9.17) is 4.74 Å². The first-order valence-corrected chi connectivity index (χ1v) is 7.72. The van der Waals surface area contributed by atoms with Gasteiger partial charge in [-0.1, -0.05) is 56.3 Å². The van der Waals surface area contributed by atoms with E-state index in [-0.39, 0.29) is 12.5 Å². The van der Waals surface area contributed by atoms with E-state index in [1.54, 1.807) is 0 Å². The molecule has 1 amide bonds. The summed E-state index contributed by atoms with van der Waals surface area (Å²) in [6, 6.07) is 17.8. The van der Waals surface area contributed by atoms with E-state index in [0.717, 1.165) is 17.7 Å². The summed E-state index contributed by atoms with van der Waals surface area (Å²) >= 11 is 0. The zero-order chi connectivity index (χ0) is 15.8. The molecule has 0 unspecified atom stereocenters.